The highest BCUT2D eigenvalue weighted by Crippen LogP contribution is 2.35. The highest BCUT2D eigenvalue weighted by molar-refractivity contribution is 5.81. The van der Waals surface area contributed by atoms with Crippen LogP contribution in [0.4, 0.5) is 5.82 Å². The van der Waals surface area contributed by atoms with Crippen LogP contribution in [0.2, 0.25) is 0 Å². The first-order valence-corrected chi connectivity index (χ1v) is 11.6. The van der Waals surface area contributed by atoms with E-state index in [4.69, 9.17) is 18.9 Å². The number of hydrogen-bond acceptors (Lipinski definition) is 8. The average molecular weight is 477 g/mol. The second kappa shape index (κ2) is 9.69. The Hall–Kier alpha value is -4.01. The standard InChI is InChI=1S/C26H28N4O5/c1-17-4-7-22(23(14-17)32-3)35-18(2)26(31)30-12-10-29(11-13-30)25-9-6-20(27-28-25)19-5-8-21-24(15-19)34-16-33-21/h4-9,14-15,18H,10-13,16H2,1-3H3. The van der Waals surface area contributed by atoms with E-state index < -0.39 is 6.10 Å². The van der Waals surface area contributed by atoms with Gasteiger partial charge < -0.3 is 28.7 Å². The predicted octanol–water partition coefficient (Wildman–Crippen LogP) is 3.31. The van der Waals surface area contributed by atoms with Gasteiger partial charge in [0, 0.05) is 31.7 Å². The molecule has 1 unspecified atom stereocenters. The molecule has 182 valence electrons. The topological polar surface area (TPSA) is 86.3 Å². The molecular formula is C26H28N4O5. The summed E-state index contributed by atoms with van der Waals surface area (Å²) in [6.45, 7) is 6.51. The number of rotatable bonds is 6. The number of anilines is 1. The van der Waals surface area contributed by atoms with E-state index in [1.54, 1.807) is 14.0 Å². The first-order valence-electron chi connectivity index (χ1n) is 11.6. The van der Waals surface area contributed by atoms with Gasteiger partial charge in [-0.25, -0.2) is 0 Å². The van der Waals surface area contributed by atoms with E-state index in [2.05, 4.69) is 15.1 Å². The van der Waals surface area contributed by atoms with Gasteiger partial charge in [-0.1, -0.05) is 6.07 Å². The van der Waals surface area contributed by atoms with Crippen LogP contribution in [0, 0.1) is 6.92 Å². The third-order valence-corrected chi connectivity index (χ3v) is 6.20. The van der Waals surface area contributed by atoms with Gasteiger partial charge in [-0.15, -0.1) is 10.2 Å². The van der Waals surface area contributed by atoms with Gasteiger partial charge in [0.25, 0.3) is 5.91 Å². The second-order valence-electron chi connectivity index (χ2n) is 8.57. The van der Waals surface area contributed by atoms with Crippen molar-refractivity contribution in [1.82, 2.24) is 15.1 Å². The lowest BCUT2D eigenvalue weighted by atomic mass is 10.1. The summed E-state index contributed by atoms with van der Waals surface area (Å²) in [6, 6.07) is 15.3. The molecule has 2 aliphatic rings. The van der Waals surface area contributed by atoms with E-state index in [9.17, 15) is 4.79 Å². The third kappa shape index (κ3) is 4.80. The van der Waals surface area contributed by atoms with Crippen molar-refractivity contribution >= 4 is 11.7 Å². The fourth-order valence-corrected chi connectivity index (χ4v) is 4.23. The zero-order valence-electron chi connectivity index (χ0n) is 20.1. The smallest absolute Gasteiger partial charge is 0.263 e. The zero-order chi connectivity index (χ0) is 24.4. The van der Waals surface area contributed by atoms with Crippen LogP contribution < -0.4 is 23.8 Å². The number of carbonyl (C=O) groups is 1. The molecule has 0 spiro atoms. The van der Waals surface area contributed by atoms with Crippen molar-refractivity contribution in [3.05, 3.63) is 54.1 Å². The molecule has 5 rings (SSSR count). The number of ether oxygens (including phenoxy) is 4. The maximum atomic E-state index is 13.0. The summed E-state index contributed by atoms with van der Waals surface area (Å²) in [6.07, 6.45) is -0.612. The fourth-order valence-electron chi connectivity index (χ4n) is 4.23. The molecule has 35 heavy (non-hydrogen) atoms. The van der Waals surface area contributed by atoms with E-state index >= 15 is 0 Å². The highest BCUT2D eigenvalue weighted by atomic mass is 16.7. The molecule has 0 N–H and O–H groups in total. The predicted molar refractivity (Wildman–Crippen MR) is 130 cm³/mol. The number of piperazine rings is 1. The molecule has 9 heteroatoms. The summed E-state index contributed by atoms with van der Waals surface area (Å²) >= 11 is 0. The molecule has 0 saturated carbocycles. The number of nitrogens with zero attached hydrogens (tertiary/aromatic N) is 4. The van der Waals surface area contributed by atoms with Crippen LogP contribution in [0.1, 0.15) is 12.5 Å². The Balaban J connectivity index is 1.17. The van der Waals surface area contributed by atoms with Gasteiger partial charge in [-0.05, 0) is 61.9 Å². The van der Waals surface area contributed by atoms with Gasteiger partial charge in [0.15, 0.2) is 34.9 Å². The van der Waals surface area contributed by atoms with Gasteiger partial charge in [0.2, 0.25) is 6.79 Å². The molecule has 1 aromatic heterocycles. The molecule has 2 aromatic carbocycles. The SMILES string of the molecule is COc1cc(C)ccc1OC(C)C(=O)N1CCN(c2ccc(-c3ccc4c(c3)OCO4)nn2)CC1. The number of fused-ring (bicyclic) bond motifs is 1. The molecule has 1 atom stereocenters. The maximum absolute atomic E-state index is 13.0. The van der Waals surface area contributed by atoms with E-state index in [1.165, 1.54) is 0 Å². The van der Waals surface area contributed by atoms with Crippen molar-refractivity contribution < 1.29 is 23.7 Å². The van der Waals surface area contributed by atoms with Crippen LogP contribution in [0.5, 0.6) is 23.0 Å². The van der Waals surface area contributed by atoms with E-state index in [0.717, 1.165) is 28.4 Å². The highest BCUT2D eigenvalue weighted by Gasteiger charge is 2.27. The maximum Gasteiger partial charge on any atom is 0.263 e. The van der Waals surface area contributed by atoms with Crippen LogP contribution >= 0.6 is 0 Å². The molecule has 1 amide bonds. The first-order chi connectivity index (χ1) is 17.0. The van der Waals surface area contributed by atoms with Crippen LogP contribution in [-0.4, -0.2) is 67.2 Å². The number of benzene rings is 2. The lowest BCUT2D eigenvalue weighted by Crippen LogP contribution is -2.52. The van der Waals surface area contributed by atoms with Crippen molar-refractivity contribution in [2.24, 2.45) is 0 Å². The number of carbonyl (C=O) groups excluding carboxylic acids is 1. The lowest BCUT2D eigenvalue weighted by molar-refractivity contribution is -0.138. The van der Waals surface area contributed by atoms with Gasteiger partial charge in [0.1, 0.15) is 0 Å². The van der Waals surface area contributed by atoms with Crippen LogP contribution in [0.25, 0.3) is 11.3 Å². The number of aromatic nitrogens is 2. The van der Waals surface area contributed by atoms with Crippen molar-refractivity contribution in [3.63, 3.8) is 0 Å². The third-order valence-electron chi connectivity index (χ3n) is 6.20. The van der Waals surface area contributed by atoms with E-state index in [0.29, 0.717) is 43.4 Å². The van der Waals surface area contributed by atoms with Crippen LogP contribution in [-0.2, 0) is 4.79 Å². The van der Waals surface area contributed by atoms with Gasteiger partial charge in [-0.2, -0.15) is 0 Å². The number of aryl methyl sites for hydroxylation is 1. The summed E-state index contributed by atoms with van der Waals surface area (Å²) in [5.74, 6) is 3.39. The van der Waals surface area contributed by atoms with Crippen molar-refractivity contribution in [2.45, 2.75) is 20.0 Å². The summed E-state index contributed by atoms with van der Waals surface area (Å²) < 4.78 is 22.1. The Morgan fingerprint density at radius 1 is 0.943 bits per heavy atom. The summed E-state index contributed by atoms with van der Waals surface area (Å²) in [5.41, 5.74) is 2.75. The molecule has 2 aliphatic heterocycles. The number of hydrogen-bond donors (Lipinski definition) is 0. The molecule has 0 bridgehead atoms. The van der Waals surface area contributed by atoms with Gasteiger partial charge >= 0.3 is 0 Å². The number of methoxy groups -OCH3 is 1. The molecular weight excluding hydrogens is 448 g/mol. The number of amides is 1. The molecule has 3 heterocycles. The first kappa shape index (κ1) is 22.8. The minimum absolute atomic E-state index is 0.0449. The van der Waals surface area contributed by atoms with E-state index in [1.807, 2.05) is 60.4 Å². The Bertz CT molecular complexity index is 1210. The van der Waals surface area contributed by atoms with Crippen LogP contribution in [0.3, 0.4) is 0 Å². The summed E-state index contributed by atoms with van der Waals surface area (Å²) in [7, 11) is 1.60. The second-order valence-corrected chi connectivity index (χ2v) is 8.57. The minimum atomic E-state index is -0.612. The Kier molecular flexibility index (Phi) is 6.31. The monoisotopic (exact) mass is 476 g/mol. The lowest BCUT2D eigenvalue weighted by Gasteiger charge is -2.36. The molecule has 3 aromatic rings. The summed E-state index contributed by atoms with van der Waals surface area (Å²) in [5, 5.41) is 8.82. The summed E-state index contributed by atoms with van der Waals surface area (Å²) in [4.78, 5) is 17.0. The van der Waals surface area contributed by atoms with Gasteiger partial charge in [0.05, 0.1) is 12.8 Å². The van der Waals surface area contributed by atoms with Crippen molar-refractivity contribution in [3.8, 4) is 34.3 Å². The molecule has 1 saturated heterocycles. The zero-order valence-corrected chi connectivity index (χ0v) is 20.1. The quantitative estimate of drug-likeness (QED) is 0.536. The van der Waals surface area contributed by atoms with Gasteiger partial charge in [-0.3, -0.25) is 4.79 Å². The fraction of sp³-hybridized carbons (Fsp3) is 0.346. The minimum Gasteiger partial charge on any atom is -0.493 e. The van der Waals surface area contributed by atoms with Crippen molar-refractivity contribution in [1.29, 1.82) is 0 Å². The molecule has 0 radical (unpaired) electrons. The van der Waals surface area contributed by atoms with E-state index in [-0.39, 0.29) is 12.7 Å². The average Bonchev–Trinajstić information content (AvgIpc) is 3.37. The largest absolute Gasteiger partial charge is 0.493 e. The Morgan fingerprint density at radius 3 is 2.49 bits per heavy atom. The van der Waals surface area contributed by atoms with Crippen LogP contribution in [0.15, 0.2) is 48.5 Å². The molecule has 9 nitrogen and oxygen atoms in total. The molecule has 1 fully saturated rings. The van der Waals surface area contributed by atoms with Crippen molar-refractivity contribution in [2.75, 3.05) is 45.0 Å². The molecule has 0 aliphatic carbocycles. The Labute approximate surface area is 204 Å². The normalized spacial score (nSPS) is 15.6. The Morgan fingerprint density at radius 2 is 1.74 bits per heavy atom.